The van der Waals surface area contributed by atoms with Gasteiger partial charge in [-0.1, -0.05) is 26.0 Å². The van der Waals surface area contributed by atoms with E-state index in [1.54, 1.807) is 12.1 Å². The maximum absolute atomic E-state index is 13.1. The quantitative estimate of drug-likeness (QED) is 0.355. The van der Waals surface area contributed by atoms with Crippen molar-refractivity contribution in [2.75, 3.05) is 27.9 Å². The number of ketones is 3. The first-order valence-electron chi connectivity index (χ1n) is 10.8. The van der Waals surface area contributed by atoms with E-state index in [1.807, 2.05) is 13.8 Å². The molecule has 186 valence electrons. The van der Waals surface area contributed by atoms with Gasteiger partial charge in [-0.3, -0.25) is 14.4 Å². The molecule has 4 rings (SSSR count). The molecule has 5 N–H and O–H groups in total. The molecule has 9 heteroatoms. The zero-order chi connectivity index (χ0) is 26.2. The highest BCUT2D eigenvalue weighted by atomic mass is 16.5. The van der Waals surface area contributed by atoms with E-state index in [-0.39, 0.29) is 63.7 Å². The number of carbonyl (C=O) groups is 3. The van der Waals surface area contributed by atoms with Gasteiger partial charge in [-0.15, -0.1) is 0 Å². The summed E-state index contributed by atoms with van der Waals surface area (Å²) < 4.78 is 5.20. The summed E-state index contributed by atoms with van der Waals surface area (Å²) >= 11 is 0. The van der Waals surface area contributed by atoms with Gasteiger partial charge in [0, 0.05) is 36.8 Å². The third kappa shape index (κ3) is 4.82. The third-order valence-electron chi connectivity index (χ3n) is 5.64. The standard InChI is InChI=1S/C21H18O7.C2H6.2CH4O/c1-28-14-4-2-3-11-15(14)21(27)17-16(19(11)25)20(26)12-7-9(13(23)8-22)5-6-10(12)18(17)24;3*1-2/h2-4,9,22,24,26H,5-8H2,1H3;1-2H3;2*2H,1H3/t9-;;;/m0.../s1. The first kappa shape index (κ1) is 28.8. The second-order valence-corrected chi connectivity index (χ2v) is 7.01. The van der Waals surface area contributed by atoms with Crippen LogP contribution in [0.2, 0.25) is 0 Å². The Morgan fingerprint density at radius 1 is 0.941 bits per heavy atom. The summed E-state index contributed by atoms with van der Waals surface area (Å²) in [5, 5.41) is 44.7. The highest BCUT2D eigenvalue weighted by molar-refractivity contribution is 6.31. The van der Waals surface area contributed by atoms with Crippen LogP contribution in [0, 0.1) is 5.92 Å². The number of hydrogen-bond acceptors (Lipinski definition) is 9. The molecule has 2 aromatic carbocycles. The molecule has 0 bridgehead atoms. The Hall–Kier alpha value is -3.27. The van der Waals surface area contributed by atoms with Crippen LogP contribution in [0.5, 0.6) is 17.2 Å². The van der Waals surface area contributed by atoms with Crippen molar-refractivity contribution < 1.29 is 44.7 Å². The van der Waals surface area contributed by atoms with E-state index in [0.29, 0.717) is 12.0 Å². The average Bonchev–Trinajstić information content (AvgIpc) is 2.91. The summed E-state index contributed by atoms with van der Waals surface area (Å²) in [6, 6.07) is 4.59. The molecule has 0 heterocycles. The fourth-order valence-corrected chi connectivity index (χ4v) is 4.21. The fourth-order valence-electron chi connectivity index (χ4n) is 4.21. The van der Waals surface area contributed by atoms with E-state index >= 15 is 0 Å². The predicted octanol–water partition coefficient (Wildman–Crippen LogP) is 1.79. The summed E-state index contributed by atoms with van der Waals surface area (Å²) in [6.45, 7) is 3.39. The van der Waals surface area contributed by atoms with Crippen molar-refractivity contribution >= 4 is 17.3 Å². The Labute approximate surface area is 198 Å². The number of ether oxygens (including phenoxy) is 1. The Balaban J connectivity index is 0.000000894. The zero-order valence-electron chi connectivity index (χ0n) is 20.0. The average molecular weight is 477 g/mol. The first-order valence-corrected chi connectivity index (χ1v) is 10.8. The number of aliphatic hydroxyl groups excluding tert-OH is 3. The fraction of sp³-hybridized carbons (Fsp3) is 0.400. The Kier molecular flexibility index (Phi) is 10.9. The number of phenols is 2. The summed E-state index contributed by atoms with van der Waals surface area (Å²) in [5.74, 6) is -2.56. The van der Waals surface area contributed by atoms with Crippen LogP contribution in [0.4, 0.5) is 0 Å². The minimum atomic E-state index is -0.609. The molecule has 0 spiro atoms. The van der Waals surface area contributed by atoms with Crippen molar-refractivity contribution in [2.24, 2.45) is 5.92 Å². The van der Waals surface area contributed by atoms with Gasteiger partial charge in [0.2, 0.25) is 5.78 Å². The lowest BCUT2D eigenvalue weighted by atomic mass is 9.75. The van der Waals surface area contributed by atoms with Gasteiger partial charge < -0.3 is 30.3 Å². The van der Waals surface area contributed by atoms with Crippen molar-refractivity contribution in [1.29, 1.82) is 0 Å². The second kappa shape index (κ2) is 12.8. The SMILES string of the molecule is CC.CO.CO.COc1cccc2c1C(=O)c1c(O)c3c(c(O)c1C2=O)C[C@@H](C(=O)CO)CC3. The monoisotopic (exact) mass is 476 g/mol. The van der Waals surface area contributed by atoms with Crippen molar-refractivity contribution in [3.05, 3.63) is 51.6 Å². The topological polar surface area (TPSA) is 162 Å². The van der Waals surface area contributed by atoms with E-state index in [1.165, 1.54) is 13.2 Å². The van der Waals surface area contributed by atoms with E-state index < -0.39 is 24.1 Å². The molecule has 2 aliphatic carbocycles. The number of rotatable bonds is 3. The van der Waals surface area contributed by atoms with Crippen LogP contribution in [0.3, 0.4) is 0 Å². The number of carbonyl (C=O) groups excluding carboxylic acids is 3. The Bertz CT molecular complexity index is 1060. The minimum absolute atomic E-state index is 0.0568. The maximum Gasteiger partial charge on any atom is 0.202 e. The van der Waals surface area contributed by atoms with E-state index in [9.17, 15) is 24.6 Å². The molecule has 0 amide bonds. The van der Waals surface area contributed by atoms with E-state index in [0.717, 1.165) is 14.2 Å². The molecule has 2 aromatic rings. The zero-order valence-corrected chi connectivity index (χ0v) is 20.0. The van der Waals surface area contributed by atoms with Gasteiger partial charge in [0.25, 0.3) is 0 Å². The maximum atomic E-state index is 13.1. The molecular formula is C25H32O9. The molecule has 9 nitrogen and oxygen atoms in total. The second-order valence-electron chi connectivity index (χ2n) is 7.01. The molecule has 2 aliphatic rings. The number of aliphatic hydroxyl groups is 3. The highest BCUT2D eigenvalue weighted by Gasteiger charge is 2.40. The molecule has 0 unspecified atom stereocenters. The number of fused-ring (bicyclic) bond motifs is 3. The largest absolute Gasteiger partial charge is 0.507 e. The van der Waals surface area contributed by atoms with Gasteiger partial charge in [0.05, 0.1) is 23.8 Å². The third-order valence-corrected chi connectivity index (χ3v) is 5.64. The van der Waals surface area contributed by atoms with Crippen molar-refractivity contribution in [2.45, 2.75) is 33.1 Å². The van der Waals surface area contributed by atoms with Crippen molar-refractivity contribution in [3.8, 4) is 17.2 Å². The van der Waals surface area contributed by atoms with Crippen LogP contribution < -0.4 is 4.74 Å². The summed E-state index contributed by atoms with van der Waals surface area (Å²) in [5.41, 5.74) is 0.301. The molecule has 0 fully saturated rings. The summed E-state index contributed by atoms with van der Waals surface area (Å²) in [4.78, 5) is 38.1. The lowest BCUT2D eigenvalue weighted by Crippen LogP contribution is -2.28. The van der Waals surface area contributed by atoms with E-state index in [4.69, 9.17) is 20.1 Å². The molecule has 34 heavy (non-hydrogen) atoms. The van der Waals surface area contributed by atoms with E-state index in [2.05, 4.69) is 0 Å². The smallest absolute Gasteiger partial charge is 0.202 e. The van der Waals surface area contributed by atoms with Gasteiger partial charge in [-0.05, 0) is 25.3 Å². The van der Waals surface area contributed by atoms with Gasteiger partial charge >= 0.3 is 0 Å². The van der Waals surface area contributed by atoms with Crippen LogP contribution >= 0.6 is 0 Å². The number of methoxy groups -OCH3 is 1. The number of hydrogen-bond donors (Lipinski definition) is 5. The number of aromatic hydroxyl groups is 2. The molecule has 0 aliphatic heterocycles. The Morgan fingerprint density at radius 3 is 2.06 bits per heavy atom. The first-order chi connectivity index (χ1) is 16.4. The molecule has 1 atom stereocenters. The van der Waals surface area contributed by atoms with Crippen molar-refractivity contribution in [1.82, 2.24) is 0 Å². The summed E-state index contributed by atoms with van der Waals surface area (Å²) in [6.07, 6.45) is 0.715. The van der Waals surface area contributed by atoms with Gasteiger partial charge in [-0.25, -0.2) is 0 Å². The lowest BCUT2D eigenvalue weighted by Gasteiger charge is -2.29. The molecule has 0 radical (unpaired) electrons. The van der Waals surface area contributed by atoms with Crippen LogP contribution in [-0.2, 0) is 17.6 Å². The Morgan fingerprint density at radius 2 is 1.50 bits per heavy atom. The minimum Gasteiger partial charge on any atom is -0.507 e. The predicted molar refractivity (Wildman–Crippen MR) is 125 cm³/mol. The molecule has 0 saturated heterocycles. The highest BCUT2D eigenvalue weighted by Crippen LogP contribution is 2.47. The lowest BCUT2D eigenvalue weighted by molar-refractivity contribution is -0.126. The van der Waals surface area contributed by atoms with Crippen LogP contribution in [0.15, 0.2) is 18.2 Å². The number of phenolic OH excluding ortho intramolecular Hbond substituents is 2. The van der Waals surface area contributed by atoms with Gasteiger partial charge in [0.15, 0.2) is 11.6 Å². The van der Waals surface area contributed by atoms with Crippen LogP contribution in [0.25, 0.3) is 0 Å². The van der Waals surface area contributed by atoms with Gasteiger partial charge in [-0.2, -0.15) is 0 Å². The van der Waals surface area contributed by atoms with Crippen LogP contribution in [0.1, 0.15) is 63.2 Å². The van der Waals surface area contributed by atoms with Crippen LogP contribution in [-0.4, -0.2) is 70.8 Å². The van der Waals surface area contributed by atoms with Crippen molar-refractivity contribution in [3.63, 3.8) is 0 Å². The number of benzene rings is 2. The molecular weight excluding hydrogens is 444 g/mol. The summed E-state index contributed by atoms with van der Waals surface area (Å²) in [7, 11) is 3.38. The van der Waals surface area contributed by atoms with Gasteiger partial charge in [0.1, 0.15) is 23.9 Å². The molecule has 0 aromatic heterocycles. The number of Topliss-reactive ketones (excluding diaryl/α,β-unsaturated/α-hetero) is 1. The molecule has 0 saturated carbocycles. The normalized spacial score (nSPS) is 15.0.